The molecule has 5 nitrogen and oxygen atoms in total. The predicted octanol–water partition coefficient (Wildman–Crippen LogP) is 2.75. The zero-order chi connectivity index (χ0) is 16.4. The lowest BCUT2D eigenvalue weighted by molar-refractivity contribution is -0.121. The number of rotatable bonds is 4. The molecule has 0 bridgehead atoms. The lowest BCUT2D eigenvalue weighted by Crippen LogP contribution is -2.34. The molecule has 2 aromatic carbocycles. The van der Waals surface area contributed by atoms with Crippen LogP contribution in [0.3, 0.4) is 0 Å². The van der Waals surface area contributed by atoms with Crippen LogP contribution < -0.4 is 15.0 Å². The summed E-state index contributed by atoms with van der Waals surface area (Å²) in [5, 5.41) is 3.12. The number of imide groups is 1. The molecule has 0 spiro atoms. The second-order valence-corrected chi connectivity index (χ2v) is 5.51. The Morgan fingerprint density at radius 1 is 1.13 bits per heavy atom. The lowest BCUT2D eigenvalue weighted by atomic mass is 10.2. The number of para-hydroxylation sites is 2. The first kappa shape index (κ1) is 15.1. The van der Waals surface area contributed by atoms with Crippen LogP contribution in [0.5, 0.6) is 5.75 Å². The quantitative estimate of drug-likeness (QED) is 0.882. The number of anilines is 2. The van der Waals surface area contributed by atoms with Crippen molar-refractivity contribution in [3.05, 3.63) is 54.1 Å². The Morgan fingerprint density at radius 3 is 2.65 bits per heavy atom. The molecule has 0 unspecified atom stereocenters. The average Bonchev–Trinajstić information content (AvgIpc) is 2.82. The van der Waals surface area contributed by atoms with Gasteiger partial charge in [-0.2, -0.15) is 0 Å². The van der Waals surface area contributed by atoms with E-state index < -0.39 is 6.04 Å². The SMILES string of the molecule is COc1ccccc1N[C@H]1CC(=O)N(c2cccc(C)c2)C1=O. The van der Waals surface area contributed by atoms with E-state index in [4.69, 9.17) is 4.74 Å². The highest BCUT2D eigenvalue weighted by Crippen LogP contribution is 2.29. The molecule has 1 N–H and O–H groups in total. The van der Waals surface area contributed by atoms with Gasteiger partial charge in [0, 0.05) is 0 Å². The van der Waals surface area contributed by atoms with Gasteiger partial charge in [0.2, 0.25) is 5.91 Å². The number of hydrogen-bond acceptors (Lipinski definition) is 4. The predicted molar refractivity (Wildman–Crippen MR) is 88.7 cm³/mol. The summed E-state index contributed by atoms with van der Waals surface area (Å²) in [5.74, 6) is 0.196. The lowest BCUT2D eigenvalue weighted by Gasteiger charge is -2.17. The molecule has 1 aliphatic heterocycles. The van der Waals surface area contributed by atoms with Crippen molar-refractivity contribution in [2.24, 2.45) is 0 Å². The molecule has 1 atom stereocenters. The van der Waals surface area contributed by atoms with Crippen LogP contribution in [0.4, 0.5) is 11.4 Å². The summed E-state index contributed by atoms with van der Waals surface area (Å²) in [6.45, 7) is 1.93. The number of amides is 2. The number of ether oxygens (including phenoxy) is 1. The largest absolute Gasteiger partial charge is 0.495 e. The van der Waals surface area contributed by atoms with Gasteiger partial charge in [0.05, 0.1) is 24.9 Å². The molecule has 2 amide bonds. The number of hydrogen-bond donors (Lipinski definition) is 1. The Hall–Kier alpha value is -2.82. The van der Waals surface area contributed by atoms with E-state index in [2.05, 4.69) is 5.32 Å². The minimum atomic E-state index is -0.584. The summed E-state index contributed by atoms with van der Waals surface area (Å²) < 4.78 is 5.27. The molecular formula is C18H18N2O3. The van der Waals surface area contributed by atoms with Crippen LogP contribution in [0, 0.1) is 6.92 Å². The summed E-state index contributed by atoms with van der Waals surface area (Å²) >= 11 is 0. The third-order valence-electron chi connectivity index (χ3n) is 3.84. The van der Waals surface area contributed by atoms with Gasteiger partial charge in [-0.05, 0) is 36.8 Å². The maximum absolute atomic E-state index is 12.6. The minimum Gasteiger partial charge on any atom is -0.495 e. The summed E-state index contributed by atoms with van der Waals surface area (Å²) in [6.07, 6.45) is 0.130. The number of benzene rings is 2. The van der Waals surface area contributed by atoms with Crippen molar-refractivity contribution in [3.8, 4) is 5.75 Å². The molecule has 118 valence electrons. The Labute approximate surface area is 134 Å². The van der Waals surface area contributed by atoms with Crippen molar-refractivity contribution in [2.75, 3.05) is 17.3 Å². The summed E-state index contributed by atoms with van der Waals surface area (Å²) in [7, 11) is 1.57. The van der Waals surface area contributed by atoms with E-state index in [1.54, 1.807) is 13.2 Å². The first-order chi connectivity index (χ1) is 11.1. The molecule has 1 fully saturated rings. The highest BCUT2D eigenvalue weighted by molar-refractivity contribution is 6.23. The molecule has 0 aliphatic carbocycles. The number of carbonyl (C=O) groups is 2. The van der Waals surface area contributed by atoms with Crippen molar-refractivity contribution >= 4 is 23.2 Å². The summed E-state index contributed by atoms with van der Waals surface area (Å²) in [5.41, 5.74) is 2.32. The molecule has 1 saturated heterocycles. The monoisotopic (exact) mass is 310 g/mol. The first-order valence-corrected chi connectivity index (χ1v) is 7.43. The van der Waals surface area contributed by atoms with Crippen LogP contribution >= 0.6 is 0 Å². The van der Waals surface area contributed by atoms with E-state index in [9.17, 15) is 9.59 Å². The fourth-order valence-electron chi connectivity index (χ4n) is 2.73. The zero-order valence-corrected chi connectivity index (χ0v) is 13.1. The van der Waals surface area contributed by atoms with Gasteiger partial charge in [-0.1, -0.05) is 24.3 Å². The van der Waals surface area contributed by atoms with E-state index in [0.29, 0.717) is 17.1 Å². The van der Waals surface area contributed by atoms with Gasteiger partial charge in [-0.25, -0.2) is 4.90 Å². The Kier molecular flexibility index (Phi) is 4.02. The van der Waals surface area contributed by atoms with Gasteiger partial charge in [-0.3, -0.25) is 9.59 Å². The van der Waals surface area contributed by atoms with Crippen LogP contribution in [-0.4, -0.2) is 25.0 Å². The highest BCUT2D eigenvalue weighted by atomic mass is 16.5. The van der Waals surface area contributed by atoms with Crippen LogP contribution in [0.2, 0.25) is 0 Å². The Balaban J connectivity index is 1.84. The number of carbonyl (C=O) groups excluding carboxylic acids is 2. The maximum Gasteiger partial charge on any atom is 0.256 e. The van der Waals surface area contributed by atoms with Gasteiger partial charge >= 0.3 is 0 Å². The molecular weight excluding hydrogens is 292 g/mol. The molecule has 5 heteroatoms. The van der Waals surface area contributed by atoms with Crippen LogP contribution in [-0.2, 0) is 9.59 Å². The molecule has 3 rings (SSSR count). The first-order valence-electron chi connectivity index (χ1n) is 7.43. The number of nitrogens with zero attached hydrogens (tertiary/aromatic N) is 1. The third-order valence-corrected chi connectivity index (χ3v) is 3.84. The molecule has 2 aromatic rings. The number of methoxy groups -OCH3 is 1. The molecule has 0 saturated carbocycles. The average molecular weight is 310 g/mol. The Morgan fingerprint density at radius 2 is 1.91 bits per heavy atom. The molecule has 1 aliphatic rings. The zero-order valence-electron chi connectivity index (χ0n) is 13.1. The summed E-state index contributed by atoms with van der Waals surface area (Å²) in [4.78, 5) is 26.2. The van der Waals surface area contributed by atoms with E-state index >= 15 is 0 Å². The van der Waals surface area contributed by atoms with Gasteiger partial charge < -0.3 is 10.1 Å². The van der Waals surface area contributed by atoms with Crippen LogP contribution in [0.1, 0.15) is 12.0 Å². The van der Waals surface area contributed by atoms with Crippen LogP contribution in [0.25, 0.3) is 0 Å². The fourth-order valence-corrected chi connectivity index (χ4v) is 2.73. The standard InChI is InChI=1S/C18H18N2O3/c1-12-6-5-7-13(10-12)20-17(21)11-15(18(20)22)19-14-8-3-4-9-16(14)23-2/h3-10,15,19H,11H2,1-2H3/t15-/m0/s1. The van der Waals surface area contributed by atoms with Crippen molar-refractivity contribution in [1.82, 2.24) is 0 Å². The maximum atomic E-state index is 12.6. The van der Waals surface area contributed by atoms with E-state index in [-0.39, 0.29) is 18.2 Å². The van der Waals surface area contributed by atoms with Crippen molar-refractivity contribution < 1.29 is 14.3 Å². The molecule has 0 radical (unpaired) electrons. The number of nitrogens with one attached hydrogen (secondary N) is 1. The minimum absolute atomic E-state index is 0.130. The van der Waals surface area contributed by atoms with Gasteiger partial charge in [0.15, 0.2) is 0 Å². The summed E-state index contributed by atoms with van der Waals surface area (Å²) in [6, 6.07) is 14.1. The van der Waals surface area contributed by atoms with Crippen LogP contribution in [0.15, 0.2) is 48.5 Å². The Bertz CT molecular complexity index is 757. The van der Waals surface area contributed by atoms with Crippen molar-refractivity contribution in [3.63, 3.8) is 0 Å². The van der Waals surface area contributed by atoms with Gasteiger partial charge in [0.1, 0.15) is 11.8 Å². The van der Waals surface area contributed by atoms with E-state index in [0.717, 1.165) is 5.56 Å². The molecule has 23 heavy (non-hydrogen) atoms. The van der Waals surface area contributed by atoms with Crippen molar-refractivity contribution in [1.29, 1.82) is 0 Å². The van der Waals surface area contributed by atoms with Crippen molar-refractivity contribution in [2.45, 2.75) is 19.4 Å². The second-order valence-electron chi connectivity index (χ2n) is 5.51. The topological polar surface area (TPSA) is 58.6 Å². The molecule has 0 aromatic heterocycles. The smallest absolute Gasteiger partial charge is 0.256 e. The van der Waals surface area contributed by atoms with E-state index in [1.807, 2.05) is 49.4 Å². The highest BCUT2D eigenvalue weighted by Gasteiger charge is 2.39. The fraction of sp³-hybridized carbons (Fsp3) is 0.222. The third kappa shape index (κ3) is 2.90. The van der Waals surface area contributed by atoms with E-state index in [1.165, 1.54) is 4.90 Å². The number of aryl methyl sites for hydroxylation is 1. The van der Waals surface area contributed by atoms with Gasteiger partial charge in [0.25, 0.3) is 5.91 Å². The normalized spacial score (nSPS) is 17.5. The molecule has 1 heterocycles. The van der Waals surface area contributed by atoms with Gasteiger partial charge in [-0.15, -0.1) is 0 Å². The second kappa shape index (κ2) is 6.12.